The van der Waals surface area contributed by atoms with E-state index < -0.39 is 0 Å². The molecule has 0 aromatic heterocycles. The van der Waals surface area contributed by atoms with Gasteiger partial charge in [-0.2, -0.15) is 0 Å². The summed E-state index contributed by atoms with van der Waals surface area (Å²) in [6.45, 7) is 6.37. The average molecular weight is 290 g/mol. The van der Waals surface area contributed by atoms with Gasteiger partial charge in [-0.25, -0.2) is 0 Å². The molecule has 3 heterocycles. The fourth-order valence-corrected chi connectivity index (χ4v) is 3.57. The monoisotopic (exact) mass is 290 g/mol. The molecule has 0 unspecified atom stereocenters. The number of fused-ring (bicyclic) bond motifs is 4. The first-order chi connectivity index (χ1) is 10.3. The summed E-state index contributed by atoms with van der Waals surface area (Å²) in [5.74, 6) is 2.35. The van der Waals surface area contributed by atoms with Gasteiger partial charge < -0.3 is 14.2 Å². The van der Waals surface area contributed by atoms with Crippen molar-refractivity contribution in [2.75, 3.05) is 46.7 Å². The zero-order valence-corrected chi connectivity index (χ0v) is 12.5. The maximum Gasteiger partial charge on any atom is 0.231 e. The Hall–Kier alpha value is -1.30. The van der Waals surface area contributed by atoms with E-state index in [-0.39, 0.29) is 0 Å². The molecule has 21 heavy (non-hydrogen) atoms. The zero-order chi connectivity index (χ0) is 14.2. The molecule has 114 valence electrons. The third-order valence-electron chi connectivity index (χ3n) is 4.66. The maximum atomic E-state index is 5.79. The van der Waals surface area contributed by atoms with Gasteiger partial charge in [0, 0.05) is 38.1 Å². The predicted molar refractivity (Wildman–Crippen MR) is 78.6 cm³/mol. The van der Waals surface area contributed by atoms with Crippen LogP contribution in [0, 0.1) is 5.92 Å². The van der Waals surface area contributed by atoms with Crippen LogP contribution >= 0.6 is 0 Å². The summed E-state index contributed by atoms with van der Waals surface area (Å²) in [5.41, 5.74) is 1.29. The van der Waals surface area contributed by atoms with Gasteiger partial charge in [-0.05, 0) is 24.7 Å². The van der Waals surface area contributed by atoms with E-state index in [1.807, 2.05) is 6.07 Å². The Labute approximate surface area is 125 Å². The van der Waals surface area contributed by atoms with Gasteiger partial charge >= 0.3 is 0 Å². The smallest absolute Gasteiger partial charge is 0.231 e. The van der Waals surface area contributed by atoms with Crippen molar-refractivity contribution >= 4 is 0 Å². The molecule has 0 spiro atoms. The normalized spacial score (nSPS) is 29.4. The molecule has 1 aromatic rings. The molecule has 3 aliphatic heterocycles. The van der Waals surface area contributed by atoms with E-state index in [0.29, 0.717) is 18.8 Å². The highest BCUT2D eigenvalue weighted by atomic mass is 16.7. The van der Waals surface area contributed by atoms with E-state index in [9.17, 15) is 0 Å². The summed E-state index contributed by atoms with van der Waals surface area (Å²) in [5, 5.41) is 0. The Balaban J connectivity index is 1.49. The molecule has 1 aromatic carbocycles. The first kappa shape index (κ1) is 13.4. The number of hydrogen-bond acceptors (Lipinski definition) is 5. The lowest BCUT2D eigenvalue weighted by atomic mass is 10.1. The van der Waals surface area contributed by atoms with Crippen LogP contribution in [0.15, 0.2) is 18.2 Å². The van der Waals surface area contributed by atoms with Gasteiger partial charge in [-0.3, -0.25) is 9.80 Å². The van der Waals surface area contributed by atoms with Gasteiger partial charge in [0.1, 0.15) is 0 Å². The lowest BCUT2D eigenvalue weighted by Crippen LogP contribution is -2.41. The molecule has 3 aliphatic rings. The van der Waals surface area contributed by atoms with Gasteiger partial charge in [0.25, 0.3) is 0 Å². The van der Waals surface area contributed by atoms with E-state index in [0.717, 1.165) is 50.9 Å². The van der Waals surface area contributed by atoms with Crippen molar-refractivity contribution < 1.29 is 14.2 Å². The molecule has 0 amide bonds. The Morgan fingerprint density at radius 1 is 1.10 bits per heavy atom. The van der Waals surface area contributed by atoms with Crippen LogP contribution in [0.2, 0.25) is 0 Å². The predicted octanol–water partition coefficient (Wildman–Crippen LogP) is 1.18. The van der Waals surface area contributed by atoms with Gasteiger partial charge in [-0.15, -0.1) is 0 Å². The molecular weight excluding hydrogens is 268 g/mol. The number of rotatable bonds is 2. The van der Waals surface area contributed by atoms with Crippen LogP contribution in [0.3, 0.4) is 0 Å². The van der Waals surface area contributed by atoms with Crippen molar-refractivity contribution in [2.45, 2.75) is 12.6 Å². The van der Waals surface area contributed by atoms with Crippen LogP contribution in [0.4, 0.5) is 0 Å². The van der Waals surface area contributed by atoms with Crippen molar-refractivity contribution in [1.82, 2.24) is 9.80 Å². The van der Waals surface area contributed by atoms with Crippen molar-refractivity contribution in [1.29, 1.82) is 0 Å². The maximum absolute atomic E-state index is 5.79. The third-order valence-corrected chi connectivity index (χ3v) is 4.66. The van der Waals surface area contributed by atoms with Crippen LogP contribution in [0.1, 0.15) is 5.56 Å². The fourth-order valence-electron chi connectivity index (χ4n) is 3.57. The first-order valence-corrected chi connectivity index (χ1v) is 7.67. The minimum Gasteiger partial charge on any atom is -0.454 e. The highest BCUT2D eigenvalue weighted by molar-refractivity contribution is 5.44. The Kier molecular flexibility index (Phi) is 3.49. The molecular formula is C16H22N2O3. The minimum atomic E-state index is 0.342. The topological polar surface area (TPSA) is 34.2 Å². The van der Waals surface area contributed by atoms with Gasteiger partial charge in [-0.1, -0.05) is 6.07 Å². The lowest BCUT2D eigenvalue weighted by Gasteiger charge is -2.29. The molecule has 0 saturated carbocycles. The van der Waals surface area contributed by atoms with E-state index in [1.54, 1.807) is 0 Å². The SMILES string of the molecule is CN1C[C@H]2COC[C@@H]1CN(Cc1ccc3c(c1)OCO3)C2. The summed E-state index contributed by atoms with van der Waals surface area (Å²) in [7, 11) is 2.22. The van der Waals surface area contributed by atoms with E-state index in [2.05, 4.69) is 29.0 Å². The summed E-state index contributed by atoms with van der Waals surface area (Å²) in [6, 6.07) is 6.79. The molecule has 5 heteroatoms. The molecule has 0 N–H and O–H groups in total. The second-order valence-electron chi connectivity index (χ2n) is 6.38. The molecule has 5 nitrogen and oxygen atoms in total. The van der Waals surface area contributed by atoms with Crippen LogP contribution in [-0.2, 0) is 11.3 Å². The molecule has 2 saturated heterocycles. The van der Waals surface area contributed by atoms with Crippen LogP contribution in [0.25, 0.3) is 0 Å². The lowest BCUT2D eigenvalue weighted by molar-refractivity contribution is 0.0516. The molecule has 0 aliphatic carbocycles. The standard InChI is InChI=1S/C16H22N2O3/c1-17-5-13-7-18(8-14(17)10-19-9-13)6-12-2-3-15-16(4-12)21-11-20-15/h2-4,13-14H,5-11H2,1H3/t13-,14+/m1/s1. The number of benzene rings is 1. The van der Waals surface area contributed by atoms with Crippen molar-refractivity contribution in [3.05, 3.63) is 23.8 Å². The summed E-state index contributed by atoms with van der Waals surface area (Å²) < 4.78 is 16.6. The Morgan fingerprint density at radius 3 is 2.95 bits per heavy atom. The molecule has 2 atom stereocenters. The zero-order valence-electron chi connectivity index (χ0n) is 12.5. The highest BCUT2D eigenvalue weighted by Gasteiger charge is 2.31. The van der Waals surface area contributed by atoms with Gasteiger partial charge in [0.05, 0.1) is 13.2 Å². The Morgan fingerprint density at radius 2 is 2.00 bits per heavy atom. The summed E-state index contributed by atoms with van der Waals surface area (Å²) in [6.07, 6.45) is 0. The van der Waals surface area contributed by atoms with Crippen LogP contribution < -0.4 is 9.47 Å². The largest absolute Gasteiger partial charge is 0.454 e. The van der Waals surface area contributed by atoms with Crippen molar-refractivity contribution in [3.63, 3.8) is 0 Å². The van der Waals surface area contributed by atoms with Gasteiger partial charge in [0.2, 0.25) is 6.79 Å². The quantitative estimate of drug-likeness (QED) is 0.817. The Bertz CT molecular complexity index is 522. The highest BCUT2D eigenvalue weighted by Crippen LogP contribution is 2.33. The molecule has 4 rings (SSSR count). The van der Waals surface area contributed by atoms with E-state index in [1.165, 1.54) is 5.56 Å². The summed E-state index contributed by atoms with van der Waals surface area (Å²) in [4.78, 5) is 5.01. The third kappa shape index (κ3) is 2.73. The van der Waals surface area contributed by atoms with Gasteiger partial charge in [0.15, 0.2) is 11.5 Å². The number of hydrogen-bond donors (Lipinski definition) is 0. The first-order valence-electron chi connectivity index (χ1n) is 7.67. The molecule has 2 fully saturated rings. The second kappa shape index (κ2) is 5.48. The van der Waals surface area contributed by atoms with Crippen molar-refractivity contribution in [2.24, 2.45) is 5.92 Å². The second-order valence-corrected chi connectivity index (χ2v) is 6.38. The van der Waals surface area contributed by atoms with E-state index in [4.69, 9.17) is 14.2 Å². The van der Waals surface area contributed by atoms with E-state index >= 15 is 0 Å². The molecule has 0 radical (unpaired) electrons. The fraction of sp³-hybridized carbons (Fsp3) is 0.625. The average Bonchev–Trinajstić information content (AvgIpc) is 2.77. The number of likely N-dealkylation sites (N-methyl/N-ethyl adjacent to an activating group) is 1. The van der Waals surface area contributed by atoms with Crippen LogP contribution in [-0.4, -0.2) is 62.5 Å². The minimum absolute atomic E-state index is 0.342. The number of nitrogens with zero attached hydrogens (tertiary/aromatic N) is 2. The number of ether oxygens (including phenoxy) is 3. The van der Waals surface area contributed by atoms with Crippen LogP contribution in [0.5, 0.6) is 11.5 Å². The summed E-state index contributed by atoms with van der Waals surface area (Å²) >= 11 is 0. The molecule has 2 bridgehead atoms. The van der Waals surface area contributed by atoms with Crippen molar-refractivity contribution in [3.8, 4) is 11.5 Å².